The molecule has 0 bridgehead atoms. The Morgan fingerprint density at radius 2 is 2.00 bits per heavy atom. The third kappa shape index (κ3) is 1.80. The number of ether oxygens (including phenoxy) is 1. The van der Waals surface area contributed by atoms with Crippen molar-refractivity contribution in [3.63, 3.8) is 0 Å². The fraction of sp³-hybridized carbons (Fsp3) is 0.250. The zero-order valence-corrected chi connectivity index (χ0v) is 7.34. The van der Waals surface area contributed by atoms with Gasteiger partial charge in [0.1, 0.15) is 0 Å². The van der Waals surface area contributed by atoms with E-state index in [2.05, 4.69) is 4.74 Å². The van der Waals surface area contributed by atoms with Crippen LogP contribution in [0.5, 0.6) is 5.75 Å². The summed E-state index contributed by atoms with van der Waals surface area (Å²) < 4.78 is 30.3. The Morgan fingerprint density at radius 1 is 1.38 bits per heavy atom. The molecule has 1 aromatic rings. The third-order valence-electron chi connectivity index (χ3n) is 1.73. The van der Waals surface area contributed by atoms with Crippen molar-refractivity contribution in [2.24, 2.45) is 0 Å². The lowest BCUT2D eigenvalue weighted by atomic mass is 9.64. The van der Waals surface area contributed by atoms with E-state index in [0.717, 1.165) is 6.07 Å². The Morgan fingerprint density at radius 3 is 2.46 bits per heavy atom. The van der Waals surface area contributed by atoms with Gasteiger partial charge in [0.05, 0.1) is 7.11 Å². The molecule has 1 N–H and O–H groups in total. The summed E-state index contributed by atoms with van der Waals surface area (Å²) in [5.74, 6) is -2.29. The largest absolute Gasteiger partial charge is 0.494 e. The fourth-order valence-electron chi connectivity index (χ4n) is 1.08. The second-order valence-electron chi connectivity index (χ2n) is 2.66. The zero-order valence-electron chi connectivity index (χ0n) is 7.34. The molecule has 0 aliphatic heterocycles. The van der Waals surface area contributed by atoms with Crippen molar-refractivity contribution in [3.8, 4) is 5.75 Å². The maximum absolute atomic E-state index is 13.0. The van der Waals surface area contributed by atoms with Crippen molar-refractivity contribution in [1.82, 2.24) is 0 Å². The van der Waals surface area contributed by atoms with Crippen LogP contribution in [0, 0.1) is 11.6 Å². The Hall–Kier alpha value is -1.10. The molecule has 1 aromatic carbocycles. The fourth-order valence-corrected chi connectivity index (χ4v) is 1.08. The quantitative estimate of drug-likeness (QED) is 0.692. The average Bonchev–Trinajstić information content (AvgIpc) is 2.09. The Kier molecular flexibility index (Phi) is 2.88. The van der Waals surface area contributed by atoms with Gasteiger partial charge in [-0.15, -0.1) is 0 Å². The van der Waals surface area contributed by atoms with E-state index in [9.17, 15) is 13.8 Å². The molecule has 1 rings (SSSR count). The van der Waals surface area contributed by atoms with Gasteiger partial charge in [0.15, 0.2) is 17.4 Å². The molecule has 2 nitrogen and oxygen atoms in total. The summed E-state index contributed by atoms with van der Waals surface area (Å²) >= 11 is 0. The normalized spacial score (nSPS) is 9.92. The highest BCUT2D eigenvalue weighted by Gasteiger charge is 2.19. The first-order valence-corrected chi connectivity index (χ1v) is 3.78. The molecule has 0 aliphatic carbocycles. The first-order chi connectivity index (χ1) is 6.07. The van der Waals surface area contributed by atoms with E-state index in [1.165, 1.54) is 20.0 Å². The highest BCUT2D eigenvalue weighted by Crippen LogP contribution is 2.17. The van der Waals surface area contributed by atoms with Gasteiger partial charge in [0, 0.05) is 0 Å². The van der Waals surface area contributed by atoms with Crippen molar-refractivity contribution in [1.29, 1.82) is 0 Å². The standard InChI is InChI=1S/C8H9BF2O2/c1-9(12)5-3-4-6(10)7(11)8(5)13-2/h3-4,12H,1-2H3. The van der Waals surface area contributed by atoms with Gasteiger partial charge >= 0.3 is 6.92 Å². The molecule has 0 spiro atoms. The molecule has 0 aliphatic rings. The summed E-state index contributed by atoms with van der Waals surface area (Å²) in [7, 11) is 1.23. The maximum atomic E-state index is 13.0. The van der Waals surface area contributed by atoms with E-state index in [-0.39, 0.29) is 11.2 Å². The summed E-state index contributed by atoms with van der Waals surface area (Å²) in [6.07, 6.45) is 0. The smallest absolute Gasteiger partial charge is 0.324 e. The van der Waals surface area contributed by atoms with Crippen LogP contribution in [-0.2, 0) is 0 Å². The summed E-state index contributed by atoms with van der Waals surface area (Å²) in [4.78, 5) is 0. The van der Waals surface area contributed by atoms with Crippen LogP contribution in [0.25, 0.3) is 0 Å². The molecule has 0 atom stereocenters. The molecule has 70 valence electrons. The van der Waals surface area contributed by atoms with Crippen molar-refractivity contribution in [2.75, 3.05) is 7.11 Å². The Bertz CT molecular complexity index is 315. The molecule has 0 heterocycles. The highest BCUT2D eigenvalue weighted by molar-refractivity contribution is 6.65. The summed E-state index contributed by atoms with van der Waals surface area (Å²) in [5.41, 5.74) is 0.237. The number of hydrogen-bond acceptors (Lipinski definition) is 2. The molecule has 13 heavy (non-hydrogen) atoms. The van der Waals surface area contributed by atoms with Crippen LogP contribution in [0.1, 0.15) is 0 Å². The van der Waals surface area contributed by atoms with Crippen molar-refractivity contribution in [2.45, 2.75) is 6.82 Å². The molecule has 0 saturated carbocycles. The van der Waals surface area contributed by atoms with E-state index >= 15 is 0 Å². The zero-order chi connectivity index (χ0) is 10.0. The number of rotatable bonds is 2. The first kappa shape index (κ1) is 9.99. The van der Waals surface area contributed by atoms with Gasteiger partial charge in [-0.25, -0.2) is 4.39 Å². The minimum absolute atomic E-state index is 0.237. The monoisotopic (exact) mass is 186 g/mol. The minimum atomic E-state index is -1.07. The number of benzene rings is 1. The Labute approximate surface area is 75.3 Å². The number of methoxy groups -OCH3 is 1. The second kappa shape index (κ2) is 3.74. The van der Waals surface area contributed by atoms with E-state index in [0.29, 0.717) is 0 Å². The predicted octanol–water partition coefficient (Wildman–Crippen LogP) is 0.794. The van der Waals surface area contributed by atoms with Crippen molar-refractivity contribution >= 4 is 12.4 Å². The molecule has 0 fully saturated rings. The second-order valence-corrected chi connectivity index (χ2v) is 2.66. The molecule has 0 saturated heterocycles. The van der Waals surface area contributed by atoms with Gasteiger partial charge in [-0.3, -0.25) is 0 Å². The van der Waals surface area contributed by atoms with Crippen LogP contribution in [0.4, 0.5) is 8.78 Å². The van der Waals surface area contributed by atoms with Crippen LogP contribution in [0.2, 0.25) is 6.82 Å². The molecular weight excluding hydrogens is 177 g/mol. The molecule has 5 heteroatoms. The van der Waals surface area contributed by atoms with E-state index in [4.69, 9.17) is 0 Å². The summed E-state index contributed by atoms with van der Waals surface area (Å²) in [6.45, 7) is 0.569. The topological polar surface area (TPSA) is 29.5 Å². The summed E-state index contributed by atoms with van der Waals surface area (Å²) in [5, 5.41) is 9.18. The van der Waals surface area contributed by atoms with Gasteiger partial charge < -0.3 is 9.76 Å². The molecule has 0 amide bonds. The lowest BCUT2D eigenvalue weighted by molar-refractivity contribution is 0.374. The van der Waals surface area contributed by atoms with Gasteiger partial charge in [0.2, 0.25) is 0 Å². The predicted molar refractivity (Wildman–Crippen MR) is 46.4 cm³/mol. The summed E-state index contributed by atoms with van der Waals surface area (Å²) in [6, 6.07) is 2.25. The van der Waals surface area contributed by atoms with E-state index < -0.39 is 18.6 Å². The van der Waals surface area contributed by atoms with Gasteiger partial charge in [-0.2, -0.15) is 4.39 Å². The van der Waals surface area contributed by atoms with Crippen LogP contribution in [0.15, 0.2) is 12.1 Å². The first-order valence-electron chi connectivity index (χ1n) is 3.78. The lowest BCUT2D eigenvalue weighted by Crippen LogP contribution is -2.28. The lowest BCUT2D eigenvalue weighted by Gasteiger charge is -2.09. The third-order valence-corrected chi connectivity index (χ3v) is 1.73. The molecule has 0 aromatic heterocycles. The van der Waals surface area contributed by atoms with Crippen LogP contribution < -0.4 is 10.2 Å². The number of halogens is 2. The van der Waals surface area contributed by atoms with Gasteiger partial charge in [-0.05, 0) is 11.5 Å². The van der Waals surface area contributed by atoms with Gasteiger partial charge in [0.25, 0.3) is 0 Å². The minimum Gasteiger partial charge on any atom is -0.494 e. The van der Waals surface area contributed by atoms with Crippen molar-refractivity contribution in [3.05, 3.63) is 23.8 Å². The van der Waals surface area contributed by atoms with Crippen LogP contribution in [0.3, 0.4) is 0 Å². The van der Waals surface area contributed by atoms with Crippen LogP contribution in [-0.4, -0.2) is 19.0 Å². The highest BCUT2D eigenvalue weighted by atomic mass is 19.2. The SMILES string of the molecule is COc1c(B(C)O)ccc(F)c1F. The Balaban J connectivity index is 3.30. The van der Waals surface area contributed by atoms with Gasteiger partial charge in [-0.1, -0.05) is 12.9 Å². The molecule has 0 unspecified atom stereocenters. The number of hydrogen-bond donors (Lipinski definition) is 1. The van der Waals surface area contributed by atoms with Crippen LogP contribution >= 0.6 is 0 Å². The van der Waals surface area contributed by atoms with E-state index in [1.807, 2.05) is 0 Å². The van der Waals surface area contributed by atoms with E-state index in [1.54, 1.807) is 0 Å². The van der Waals surface area contributed by atoms with Crippen molar-refractivity contribution < 1.29 is 18.5 Å². The molecular formula is C8H9BF2O2. The maximum Gasteiger partial charge on any atom is 0.324 e. The average molecular weight is 186 g/mol. The molecule has 0 radical (unpaired) electrons.